The SMILES string of the molecule is Cc1nn(-c2cc(CC(Cl)C(=O)O)c(Cl)cc2F)c(=O)n1C(F)F.Cc1nn(-c2cc(NS(C)(=O)=O)c(Cl)cc2Cl)c(=O)n1C(F)F. The summed E-state index contributed by atoms with van der Waals surface area (Å²) in [6.07, 6.45) is 0.645. The van der Waals surface area contributed by atoms with Gasteiger partial charge in [-0.15, -0.1) is 21.8 Å². The number of halogens is 9. The second-order valence-corrected chi connectivity index (χ2v) is 12.8. The Kier molecular flexibility index (Phi) is 11.8. The monoisotopic (exact) mass is 769 g/mol. The first-order valence-corrected chi connectivity index (χ1v) is 15.9. The number of aliphatic carboxylic acids is 1. The zero-order valence-electron chi connectivity index (χ0n) is 23.7. The van der Waals surface area contributed by atoms with Crippen LogP contribution in [-0.4, -0.2) is 59.8 Å². The second kappa shape index (κ2) is 14.6. The molecule has 0 saturated carbocycles. The summed E-state index contributed by atoms with van der Waals surface area (Å²) in [5.41, 5.74) is -2.82. The zero-order valence-corrected chi connectivity index (χ0v) is 27.6. The van der Waals surface area contributed by atoms with E-state index in [0.717, 1.165) is 31.4 Å². The first-order chi connectivity index (χ1) is 21.6. The molecule has 2 aromatic carbocycles. The minimum atomic E-state index is -3.65. The maximum absolute atomic E-state index is 14.1. The smallest absolute Gasteiger partial charge is 0.355 e. The number of alkyl halides is 5. The molecule has 0 bridgehead atoms. The third kappa shape index (κ3) is 8.64. The highest BCUT2D eigenvalue weighted by Gasteiger charge is 2.24. The van der Waals surface area contributed by atoms with Crippen LogP contribution in [0.15, 0.2) is 33.9 Å². The predicted octanol–water partition coefficient (Wildman–Crippen LogP) is 5.18. The molecule has 0 spiro atoms. The first-order valence-electron chi connectivity index (χ1n) is 12.4. The molecule has 23 heteroatoms. The molecule has 0 aliphatic rings. The van der Waals surface area contributed by atoms with Crippen LogP contribution in [0.4, 0.5) is 27.6 Å². The number of sulfonamides is 1. The second-order valence-electron chi connectivity index (χ2n) is 9.34. The Morgan fingerprint density at radius 2 is 1.36 bits per heavy atom. The molecule has 0 fully saturated rings. The van der Waals surface area contributed by atoms with Crippen molar-refractivity contribution < 1.29 is 40.3 Å². The minimum Gasteiger partial charge on any atom is -0.480 e. The van der Waals surface area contributed by atoms with E-state index in [1.807, 2.05) is 0 Å². The lowest BCUT2D eigenvalue weighted by molar-refractivity contribution is -0.136. The Bertz CT molecular complexity index is 2070. The number of anilines is 1. The van der Waals surface area contributed by atoms with Crippen LogP contribution in [0.25, 0.3) is 11.4 Å². The van der Waals surface area contributed by atoms with Crippen LogP contribution in [-0.2, 0) is 21.2 Å². The highest BCUT2D eigenvalue weighted by Crippen LogP contribution is 2.31. The molecule has 0 aliphatic heterocycles. The number of aryl methyl sites for hydroxylation is 2. The van der Waals surface area contributed by atoms with Gasteiger partial charge in [0.15, 0.2) is 5.82 Å². The summed E-state index contributed by atoms with van der Waals surface area (Å²) in [5.74, 6) is -2.83. The van der Waals surface area contributed by atoms with Gasteiger partial charge in [-0.25, -0.2) is 31.5 Å². The molecule has 4 rings (SSSR count). The van der Waals surface area contributed by atoms with Crippen LogP contribution in [0.3, 0.4) is 0 Å². The van der Waals surface area contributed by atoms with Gasteiger partial charge in [0, 0.05) is 11.4 Å². The maximum Gasteiger partial charge on any atom is 0.355 e. The van der Waals surface area contributed by atoms with Crippen LogP contribution in [0, 0.1) is 19.7 Å². The number of nitrogens with zero attached hydrogens (tertiary/aromatic N) is 6. The van der Waals surface area contributed by atoms with Crippen LogP contribution < -0.4 is 16.1 Å². The Hall–Kier alpha value is -3.65. The zero-order chi connectivity index (χ0) is 35.7. The Balaban J connectivity index is 0.000000256. The van der Waals surface area contributed by atoms with E-state index in [2.05, 4.69) is 14.9 Å². The van der Waals surface area contributed by atoms with Gasteiger partial charge in [0.25, 0.3) is 0 Å². The Labute approximate surface area is 280 Å². The van der Waals surface area contributed by atoms with Gasteiger partial charge in [0.1, 0.15) is 22.7 Å². The minimum absolute atomic E-state index is 0.0257. The topological polar surface area (TPSA) is 163 Å². The molecule has 256 valence electrons. The number of aromatic nitrogens is 6. The summed E-state index contributed by atoms with van der Waals surface area (Å²) in [6, 6.07) is 4.20. The summed E-state index contributed by atoms with van der Waals surface area (Å²) < 4.78 is 91.6. The molecule has 0 aliphatic carbocycles. The Morgan fingerprint density at radius 1 is 0.872 bits per heavy atom. The lowest BCUT2D eigenvalue weighted by Gasteiger charge is -2.10. The maximum atomic E-state index is 14.1. The molecule has 0 amide bonds. The fourth-order valence-electron chi connectivity index (χ4n) is 3.87. The molecule has 2 aromatic heterocycles. The normalized spacial score (nSPS) is 12.3. The molecule has 1 unspecified atom stereocenters. The molecule has 2 heterocycles. The van der Waals surface area contributed by atoms with E-state index in [9.17, 15) is 44.8 Å². The van der Waals surface area contributed by atoms with Gasteiger partial charge in [-0.05, 0) is 43.7 Å². The number of carboxylic acids is 1. The van der Waals surface area contributed by atoms with Crippen molar-refractivity contribution in [3.63, 3.8) is 0 Å². The van der Waals surface area contributed by atoms with E-state index in [0.29, 0.717) is 9.36 Å². The highest BCUT2D eigenvalue weighted by molar-refractivity contribution is 7.92. The number of nitrogens with one attached hydrogen (secondary N) is 1. The number of carbonyl (C=O) groups is 1. The van der Waals surface area contributed by atoms with Crippen molar-refractivity contribution in [2.75, 3.05) is 11.0 Å². The number of hydrogen-bond donors (Lipinski definition) is 2. The van der Waals surface area contributed by atoms with Crippen molar-refractivity contribution in [2.45, 2.75) is 38.7 Å². The van der Waals surface area contributed by atoms with Gasteiger partial charge >= 0.3 is 30.4 Å². The van der Waals surface area contributed by atoms with Crippen molar-refractivity contribution >= 4 is 68.1 Å². The highest BCUT2D eigenvalue weighted by atomic mass is 35.5. The summed E-state index contributed by atoms with van der Waals surface area (Å²) in [5, 5.41) is 14.6. The van der Waals surface area contributed by atoms with E-state index in [1.165, 1.54) is 13.0 Å². The molecular weight excluding hydrogens is 751 g/mol. The molecule has 4 aromatic rings. The molecule has 0 saturated heterocycles. The predicted molar refractivity (Wildman–Crippen MR) is 162 cm³/mol. The summed E-state index contributed by atoms with van der Waals surface area (Å²) in [7, 11) is -3.65. The lowest BCUT2D eigenvalue weighted by Crippen LogP contribution is -2.25. The number of rotatable bonds is 9. The summed E-state index contributed by atoms with van der Waals surface area (Å²) in [6.45, 7) is -3.82. The van der Waals surface area contributed by atoms with Gasteiger partial charge in [-0.1, -0.05) is 34.8 Å². The van der Waals surface area contributed by atoms with E-state index in [1.54, 1.807) is 0 Å². The van der Waals surface area contributed by atoms with Crippen molar-refractivity contribution in [1.29, 1.82) is 0 Å². The van der Waals surface area contributed by atoms with Gasteiger partial charge in [0.2, 0.25) is 10.0 Å². The number of hydrogen-bond acceptors (Lipinski definition) is 7. The van der Waals surface area contributed by atoms with E-state index in [-0.39, 0.29) is 59.2 Å². The van der Waals surface area contributed by atoms with Crippen LogP contribution >= 0.6 is 46.4 Å². The molecule has 0 radical (unpaired) electrons. The van der Waals surface area contributed by atoms with Gasteiger partial charge in [-0.3, -0.25) is 9.52 Å². The summed E-state index contributed by atoms with van der Waals surface area (Å²) >= 11 is 23.3. The van der Waals surface area contributed by atoms with Crippen molar-refractivity contribution in [2.24, 2.45) is 0 Å². The van der Waals surface area contributed by atoms with E-state index >= 15 is 0 Å². The summed E-state index contributed by atoms with van der Waals surface area (Å²) in [4.78, 5) is 34.8. The van der Waals surface area contributed by atoms with Gasteiger partial charge in [0.05, 0.1) is 27.7 Å². The van der Waals surface area contributed by atoms with Crippen LogP contribution in [0.2, 0.25) is 15.1 Å². The molecule has 13 nitrogen and oxygen atoms in total. The largest absolute Gasteiger partial charge is 0.480 e. The van der Waals surface area contributed by atoms with Crippen molar-refractivity contribution in [3.05, 3.63) is 83.3 Å². The Morgan fingerprint density at radius 3 is 1.79 bits per heavy atom. The first kappa shape index (κ1) is 37.8. The van der Waals surface area contributed by atoms with E-state index < -0.39 is 57.4 Å². The van der Waals surface area contributed by atoms with Crippen LogP contribution in [0.1, 0.15) is 30.3 Å². The van der Waals surface area contributed by atoms with Gasteiger partial charge in [-0.2, -0.15) is 26.9 Å². The average molecular weight is 771 g/mol. The fraction of sp³-hybridized carbons (Fsp3) is 0.292. The van der Waals surface area contributed by atoms with Crippen LogP contribution in [0.5, 0.6) is 0 Å². The molecule has 47 heavy (non-hydrogen) atoms. The van der Waals surface area contributed by atoms with E-state index in [4.69, 9.17) is 51.5 Å². The standard InChI is InChI=1S/C13H10Cl2F3N3O3.C11H10Cl2F2N4O3S/c1-5-19-21(13(24)20(5)12(17)18)10-3-6(2-8(15)11(22)23)7(14)4-9(10)16;1-5-16-19(11(20)18(5)10(14)15)9-4-8(17-23(2,21)22)6(12)3-7(9)13/h3-4,8,12H,2H2,1H3,(H,22,23);3-4,10,17H,1-2H3. The van der Waals surface area contributed by atoms with Crippen molar-refractivity contribution in [3.8, 4) is 11.4 Å². The molecular formula is C24H20Cl4F5N7O6S. The third-order valence-corrected chi connectivity index (χ3v) is 7.82. The molecule has 2 N–H and O–H groups in total. The quantitative estimate of drug-likeness (QED) is 0.174. The lowest BCUT2D eigenvalue weighted by atomic mass is 10.1. The average Bonchev–Trinajstić information content (AvgIpc) is 3.40. The van der Waals surface area contributed by atoms with Gasteiger partial charge < -0.3 is 5.11 Å². The molecule has 1 atom stereocenters. The number of benzene rings is 2. The number of carboxylic acid groups (broad SMARTS) is 1. The third-order valence-electron chi connectivity index (χ3n) is 5.92. The van der Waals surface area contributed by atoms with Crippen molar-refractivity contribution in [1.82, 2.24) is 28.7 Å². The fourth-order valence-corrected chi connectivity index (χ4v) is 5.40.